The Morgan fingerprint density at radius 1 is 1.07 bits per heavy atom. The Kier molecular flexibility index (Phi) is 5.11. The first-order valence-corrected chi connectivity index (χ1v) is 9.41. The van der Waals surface area contributed by atoms with Gasteiger partial charge in [0.15, 0.2) is 0 Å². The zero-order valence-electron chi connectivity index (χ0n) is 17.2. The molecule has 0 saturated carbocycles. The molecule has 1 aliphatic carbocycles. The molecule has 0 aromatic heterocycles. The molecule has 0 fully saturated rings. The van der Waals surface area contributed by atoms with Crippen LogP contribution in [0.5, 0.6) is 0 Å². The molecular formula is C22H24O7. The van der Waals surface area contributed by atoms with Gasteiger partial charge in [-0.3, -0.25) is 19.2 Å². The van der Waals surface area contributed by atoms with E-state index in [0.717, 1.165) is 0 Å². The largest absolute Gasteiger partial charge is 0.483 e. The molecule has 0 saturated heterocycles. The van der Waals surface area contributed by atoms with E-state index in [2.05, 4.69) is 0 Å². The summed E-state index contributed by atoms with van der Waals surface area (Å²) in [6, 6.07) is 6.75. The Labute approximate surface area is 169 Å². The van der Waals surface area contributed by atoms with E-state index in [1.54, 1.807) is 58.9 Å². The standard InChI is InChI=1S/C22H24O7/c1-21(2,3)28-17(24)11-16(23)27-15-10-14-19(26)18(25)12-8-6-7-9-13(12)20(14)29-22(15,4)5/h6-9,15H,10-11H2,1-5H3. The van der Waals surface area contributed by atoms with Crippen LogP contribution >= 0.6 is 0 Å². The molecular weight excluding hydrogens is 376 g/mol. The first-order chi connectivity index (χ1) is 13.4. The third-order valence-corrected chi connectivity index (χ3v) is 4.68. The van der Waals surface area contributed by atoms with Crippen molar-refractivity contribution < 1.29 is 33.4 Å². The minimum absolute atomic E-state index is 0.0291. The molecule has 154 valence electrons. The maximum Gasteiger partial charge on any atom is 0.317 e. The van der Waals surface area contributed by atoms with Gasteiger partial charge in [-0.05, 0) is 34.6 Å². The van der Waals surface area contributed by atoms with Gasteiger partial charge in [-0.25, -0.2) is 0 Å². The summed E-state index contributed by atoms with van der Waals surface area (Å²) < 4.78 is 16.6. The van der Waals surface area contributed by atoms with E-state index in [1.165, 1.54) is 0 Å². The van der Waals surface area contributed by atoms with Gasteiger partial charge in [-0.2, -0.15) is 0 Å². The summed E-state index contributed by atoms with van der Waals surface area (Å²) in [5.74, 6) is -2.41. The van der Waals surface area contributed by atoms with E-state index in [0.29, 0.717) is 16.9 Å². The topological polar surface area (TPSA) is 96.0 Å². The molecule has 29 heavy (non-hydrogen) atoms. The second-order valence-electron chi connectivity index (χ2n) is 8.66. The van der Waals surface area contributed by atoms with Crippen LogP contribution in [0.4, 0.5) is 0 Å². The van der Waals surface area contributed by atoms with Gasteiger partial charge in [0, 0.05) is 17.5 Å². The Morgan fingerprint density at radius 2 is 1.69 bits per heavy atom. The number of Topliss-reactive ketones (excluding diaryl/α,β-unsaturated/α-hetero) is 2. The number of rotatable bonds is 3. The van der Waals surface area contributed by atoms with Crippen molar-refractivity contribution in [1.29, 1.82) is 0 Å². The highest BCUT2D eigenvalue weighted by molar-refractivity contribution is 6.52. The molecule has 1 atom stereocenters. The zero-order valence-corrected chi connectivity index (χ0v) is 17.2. The number of carbonyl (C=O) groups is 4. The molecule has 7 heteroatoms. The summed E-state index contributed by atoms with van der Waals surface area (Å²) >= 11 is 0. The SMILES string of the molecule is CC(C)(C)OC(=O)CC(=O)OC1CC2=C(OC1(C)C)c1ccccc1C(=O)C2=O. The van der Waals surface area contributed by atoms with Gasteiger partial charge in [0.25, 0.3) is 0 Å². The second-order valence-corrected chi connectivity index (χ2v) is 8.66. The highest BCUT2D eigenvalue weighted by Crippen LogP contribution is 2.42. The number of esters is 2. The molecule has 3 rings (SSSR count). The monoisotopic (exact) mass is 400 g/mol. The van der Waals surface area contributed by atoms with Crippen molar-refractivity contribution in [2.24, 2.45) is 0 Å². The fraction of sp³-hybridized carbons (Fsp3) is 0.455. The van der Waals surface area contributed by atoms with Crippen molar-refractivity contribution in [3.8, 4) is 0 Å². The van der Waals surface area contributed by atoms with E-state index in [-0.39, 0.29) is 12.0 Å². The van der Waals surface area contributed by atoms with Crippen LogP contribution in [-0.4, -0.2) is 40.8 Å². The first-order valence-electron chi connectivity index (χ1n) is 9.41. The molecule has 7 nitrogen and oxygen atoms in total. The Hall–Kier alpha value is -2.96. The van der Waals surface area contributed by atoms with E-state index in [4.69, 9.17) is 14.2 Å². The number of hydrogen-bond donors (Lipinski definition) is 0. The third-order valence-electron chi connectivity index (χ3n) is 4.68. The molecule has 0 N–H and O–H groups in total. The van der Waals surface area contributed by atoms with Crippen molar-refractivity contribution in [2.45, 2.75) is 64.8 Å². The fourth-order valence-electron chi connectivity index (χ4n) is 3.35. The number of ether oxygens (including phenoxy) is 3. The summed E-state index contributed by atoms with van der Waals surface area (Å²) in [5.41, 5.74) is -0.641. The van der Waals surface area contributed by atoms with Crippen molar-refractivity contribution >= 4 is 29.3 Å². The van der Waals surface area contributed by atoms with Crippen molar-refractivity contribution in [1.82, 2.24) is 0 Å². The maximum absolute atomic E-state index is 12.6. The van der Waals surface area contributed by atoms with Gasteiger partial charge in [0.2, 0.25) is 11.6 Å². The summed E-state index contributed by atoms with van der Waals surface area (Å²) in [7, 11) is 0. The average molecular weight is 400 g/mol. The summed E-state index contributed by atoms with van der Waals surface area (Å²) in [5, 5.41) is 0. The van der Waals surface area contributed by atoms with Crippen molar-refractivity contribution in [2.75, 3.05) is 0 Å². The maximum atomic E-state index is 12.6. The molecule has 1 heterocycles. The Bertz CT molecular complexity index is 931. The number of hydrogen-bond acceptors (Lipinski definition) is 7. The normalized spacial score (nSPS) is 20.4. The molecule has 1 aliphatic heterocycles. The molecule has 0 bridgehead atoms. The number of carbonyl (C=O) groups excluding carboxylic acids is 4. The quantitative estimate of drug-likeness (QED) is 0.437. The van der Waals surface area contributed by atoms with Gasteiger partial charge in [-0.15, -0.1) is 0 Å². The smallest absolute Gasteiger partial charge is 0.317 e. The minimum atomic E-state index is -0.962. The number of fused-ring (bicyclic) bond motifs is 2. The molecule has 0 radical (unpaired) electrons. The van der Waals surface area contributed by atoms with Crippen LogP contribution < -0.4 is 0 Å². The van der Waals surface area contributed by atoms with Crippen LogP contribution in [0, 0.1) is 0 Å². The lowest BCUT2D eigenvalue weighted by Crippen LogP contribution is -2.47. The molecule has 0 spiro atoms. The predicted octanol–water partition coefficient (Wildman–Crippen LogP) is 3.01. The minimum Gasteiger partial charge on any atom is -0.483 e. The number of benzene rings is 1. The highest BCUT2D eigenvalue weighted by Gasteiger charge is 2.46. The van der Waals surface area contributed by atoms with Crippen molar-refractivity contribution in [3.05, 3.63) is 41.0 Å². The Morgan fingerprint density at radius 3 is 2.31 bits per heavy atom. The van der Waals surface area contributed by atoms with Gasteiger partial charge in [-0.1, -0.05) is 24.3 Å². The second kappa shape index (κ2) is 7.13. The summed E-state index contributed by atoms with van der Waals surface area (Å²) in [6.07, 6.45) is -1.36. The predicted molar refractivity (Wildman–Crippen MR) is 103 cm³/mol. The van der Waals surface area contributed by atoms with Crippen LogP contribution in [-0.2, 0) is 28.6 Å². The van der Waals surface area contributed by atoms with Crippen LogP contribution in [0.1, 0.15) is 63.4 Å². The third kappa shape index (κ3) is 4.23. The van der Waals surface area contributed by atoms with Gasteiger partial charge in [0.1, 0.15) is 29.5 Å². The van der Waals surface area contributed by atoms with Gasteiger partial charge in [0.05, 0.1) is 5.57 Å². The fourth-order valence-corrected chi connectivity index (χ4v) is 3.35. The summed E-state index contributed by atoms with van der Waals surface area (Å²) in [6.45, 7) is 8.56. The molecule has 1 unspecified atom stereocenters. The van der Waals surface area contributed by atoms with E-state index >= 15 is 0 Å². The van der Waals surface area contributed by atoms with Gasteiger partial charge < -0.3 is 14.2 Å². The molecule has 2 aliphatic rings. The lowest BCUT2D eigenvalue weighted by atomic mass is 9.81. The lowest BCUT2D eigenvalue weighted by Gasteiger charge is -2.41. The highest BCUT2D eigenvalue weighted by atomic mass is 16.6. The molecule has 1 aromatic rings. The summed E-state index contributed by atoms with van der Waals surface area (Å²) in [4.78, 5) is 49.2. The number of ketones is 2. The van der Waals surface area contributed by atoms with Crippen molar-refractivity contribution in [3.63, 3.8) is 0 Å². The van der Waals surface area contributed by atoms with Crippen LogP contribution in [0.15, 0.2) is 29.8 Å². The Balaban J connectivity index is 1.81. The average Bonchev–Trinajstić information content (AvgIpc) is 2.59. The zero-order chi connectivity index (χ0) is 21.6. The molecule has 1 aromatic carbocycles. The molecule has 0 amide bonds. The van der Waals surface area contributed by atoms with E-state index in [1.807, 2.05) is 0 Å². The van der Waals surface area contributed by atoms with E-state index in [9.17, 15) is 19.2 Å². The van der Waals surface area contributed by atoms with Crippen LogP contribution in [0.2, 0.25) is 0 Å². The van der Waals surface area contributed by atoms with Crippen LogP contribution in [0.25, 0.3) is 5.76 Å². The van der Waals surface area contributed by atoms with Gasteiger partial charge >= 0.3 is 11.9 Å². The lowest BCUT2D eigenvalue weighted by molar-refractivity contribution is -0.171. The van der Waals surface area contributed by atoms with Crippen LogP contribution in [0.3, 0.4) is 0 Å². The first kappa shape index (κ1) is 20.8. The van der Waals surface area contributed by atoms with E-state index < -0.39 is 47.2 Å².